The first-order chi connectivity index (χ1) is 18.4. The molecule has 38 heavy (non-hydrogen) atoms. The summed E-state index contributed by atoms with van der Waals surface area (Å²) in [5.74, 6) is -0.725. The quantitative estimate of drug-likeness (QED) is 0.445. The van der Waals surface area contributed by atoms with Crippen LogP contribution in [0.2, 0.25) is 0 Å². The molecule has 1 saturated heterocycles. The van der Waals surface area contributed by atoms with Crippen LogP contribution >= 0.6 is 0 Å². The van der Waals surface area contributed by atoms with Gasteiger partial charge in [-0.1, -0.05) is 0 Å². The van der Waals surface area contributed by atoms with E-state index in [0.717, 1.165) is 42.5 Å². The molecule has 1 fully saturated rings. The number of fused-ring (bicyclic) bond motifs is 2. The maximum Gasteiger partial charge on any atom is 0.257 e. The van der Waals surface area contributed by atoms with E-state index < -0.39 is 6.04 Å². The number of amides is 3. The first-order valence-electron chi connectivity index (χ1n) is 12.9. The van der Waals surface area contributed by atoms with E-state index in [4.69, 9.17) is 0 Å². The molecule has 1 atom stereocenters. The molecule has 3 aromatic rings. The van der Waals surface area contributed by atoms with Crippen LogP contribution in [0.1, 0.15) is 58.0 Å². The minimum absolute atomic E-state index is 0.154. The highest BCUT2D eigenvalue weighted by molar-refractivity contribution is 6.06. The van der Waals surface area contributed by atoms with E-state index in [2.05, 4.69) is 38.3 Å². The average Bonchev–Trinajstić information content (AvgIpc) is 3.50. The van der Waals surface area contributed by atoms with E-state index in [1.807, 2.05) is 12.1 Å². The highest BCUT2D eigenvalue weighted by Crippen LogP contribution is 2.29. The Morgan fingerprint density at radius 1 is 1.18 bits per heavy atom. The molecule has 0 spiro atoms. The number of aromatic nitrogens is 2. The zero-order valence-electron chi connectivity index (χ0n) is 21.6. The highest BCUT2D eigenvalue weighted by atomic mass is 16.2. The Bertz CT molecular complexity index is 1390. The number of nitrogens with one attached hydrogen (secondary N) is 2. The lowest BCUT2D eigenvalue weighted by molar-refractivity contribution is -0.121. The topological polar surface area (TPSA) is 117 Å². The minimum atomic E-state index is -0.690. The van der Waals surface area contributed by atoms with Gasteiger partial charge in [0.15, 0.2) is 0 Å². The molecular weight excluding hydrogens is 484 g/mol. The van der Waals surface area contributed by atoms with Crippen LogP contribution in [0.4, 0.5) is 5.69 Å². The van der Waals surface area contributed by atoms with Gasteiger partial charge in [-0.15, -0.1) is 0 Å². The first kappa shape index (κ1) is 25.6. The molecule has 2 aliphatic heterocycles. The molecule has 0 saturated carbocycles. The summed E-state index contributed by atoms with van der Waals surface area (Å²) in [6.45, 7) is 2.36. The molecule has 10 nitrogen and oxygen atoms in total. The molecule has 198 valence electrons. The molecule has 1 unspecified atom stereocenters. The van der Waals surface area contributed by atoms with Crippen LogP contribution in [0.3, 0.4) is 0 Å². The van der Waals surface area contributed by atoms with Gasteiger partial charge in [-0.25, -0.2) is 4.98 Å². The average molecular weight is 517 g/mol. The fourth-order valence-electron chi connectivity index (χ4n) is 5.33. The van der Waals surface area contributed by atoms with Gasteiger partial charge in [0.25, 0.3) is 11.8 Å². The zero-order valence-corrected chi connectivity index (χ0v) is 21.6. The summed E-state index contributed by atoms with van der Waals surface area (Å²) >= 11 is 0. The normalized spacial score (nSPS) is 16.9. The molecule has 1 aromatic carbocycles. The summed E-state index contributed by atoms with van der Waals surface area (Å²) in [5, 5.41) is 6.35. The number of carbonyl (C=O) groups excluding carboxylic acids is 4. The molecule has 2 aliphatic rings. The lowest BCUT2D eigenvalue weighted by Gasteiger charge is -2.30. The van der Waals surface area contributed by atoms with Crippen molar-refractivity contribution in [1.82, 2.24) is 24.7 Å². The van der Waals surface area contributed by atoms with Gasteiger partial charge < -0.3 is 29.8 Å². The number of hydrogen-bond donors (Lipinski definition) is 2. The van der Waals surface area contributed by atoms with Crippen molar-refractivity contribution in [2.45, 2.75) is 44.3 Å². The summed E-state index contributed by atoms with van der Waals surface area (Å²) in [4.78, 5) is 57.6. The third-order valence-electron chi connectivity index (χ3n) is 7.60. The van der Waals surface area contributed by atoms with Crippen molar-refractivity contribution in [2.75, 3.05) is 32.5 Å². The van der Waals surface area contributed by atoms with Crippen LogP contribution in [0.5, 0.6) is 0 Å². The number of piperidine rings is 1. The number of hydrogen-bond acceptors (Lipinski definition) is 6. The van der Waals surface area contributed by atoms with Crippen molar-refractivity contribution < 1.29 is 19.2 Å². The third kappa shape index (κ3) is 5.04. The van der Waals surface area contributed by atoms with E-state index >= 15 is 0 Å². The van der Waals surface area contributed by atoms with Crippen molar-refractivity contribution in [3.63, 3.8) is 0 Å². The number of aldehydes is 1. The van der Waals surface area contributed by atoms with Crippen LogP contribution < -0.4 is 10.6 Å². The molecule has 5 rings (SSSR count). The highest BCUT2D eigenvalue weighted by Gasteiger charge is 2.33. The van der Waals surface area contributed by atoms with Crippen LogP contribution in [0.15, 0.2) is 42.7 Å². The second kappa shape index (κ2) is 10.7. The van der Waals surface area contributed by atoms with Crippen LogP contribution in [-0.4, -0.2) is 76.6 Å². The lowest BCUT2D eigenvalue weighted by atomic mass is 10.1. The molecule has 3 amide bonds. The standard InChI is InChI=1S/C28H32N6O4/c1-29-25(36)6-4-23(17-35)34-16-20-14-21(3-5-24(20)28(34)38)31-27(37)19-13-18-7-12-33(26(18)30-15-19)22-8-10-32(2)11-9-22/h3,5,7,12-15,17,22-23H,4,6,8-11,16H2,1-2H3,(H,29,36)(H,31,37). The predicted octanol–water partition coefficient (Wildman–Crippen LogP) is 2.60. The monoisotopic (exact) mass is 516 g/mol. The van der Waals surface area contributed by atoms with Crippen molar-refractivity contribution in [2.24, 2.45) is 0 Å². The van der Waals surface area contributed by atoms with E-state index in [1.165, 1.54) is 11.9 Å². The molecule has 0 radical (unpaired) electrons. The second-order valence-electron chi connectivity index (χ2n) is 10.1. The lowest BCUT2D eigenvalue weighted by Crippen LogP contribution is -2.37. The molecule has 10 heteroatoms. The van der Waals surface area contributed by atoms with Crippen LogP contribution in [0, 0.1) is 0 Å². The Morgan fingerprint density at radius 2 is 1.97 bits per heavy atom. The molecule has 0 bridgehead atoms. The number of carbonyl (C=O) groups is 4. The second-order valence-corrected chi connectivity index (χ2v) is 10.1. The van der Waals surface area contributed by atoms with Crippen molar-refractivity contribution in [3.8, 4) is 0 Å². The number of likely N-dealkylation sites (tertiary alicyclic amines) is 1. The summed E-state index contributed by atoms with van der Waals surface area (Å²) in [5.41, 5.74) is 3.11. The number of pyridine rings is 1. The summed E-state index contributed by atoms with van der Waals surface area (Å²) < 4.78 is 2.22. The maximum absolute atomic E-state index is 13.0. The van der Waals surface area contributed by atoms with E-state index in [9.17, 15) is 19.2 Å². The predicted molar refractivity (Wildman–Crippen MR) is 143 cm³/mol. The SMILES string of the molecule is CNC(=O)CCC(C=O)N1Cc2cc(NC(=O)c3cnc4c(ccn4C4CCN(C)CC4)c3)ccc2C1=O. The Morgan fingerprint density at radius 3 is 2.71 bits per heavy atom. The minimum Gasteiger partial charge on any atom is -0.359 e. The molecular formula is C28H32N6O4. The van der Waals surface area contributed by atoms with Crippen LogP contribution in [0.25, 0.3) is 11.0 Å². The Labute approximate surface area is 221 Å². The fraction of sp³-hybridized carbons (Fsp3) is 0.393. The fourth-order valence-corrected chi connectivity index (χ4v) is 5.33. The van der Waals surface area contributed by atoms with Gasteiger partial charge in [0.05, 0.1) is 11.6 Å². The smallest absolute Gasteiger partial charge is 0.257 e. The number of rotatable bonds is 8. The van der Waals surface area contributed by atoms with Gasteiger partial charge in [0, 0.05) is 55.1 Å². The number of anilines is 1. The van der Waals surface area contributed by atoms with E-state index in [1.54, 1.807) is 24.4 Å². The van der Waals surface area contributed by atoms with Gasteiger partial charge in [-0.3, -0.25) is 14.4 Å². The summed E-state index contributed by atoms with van der Waals surface area (Å²) in [6.07, 6.45) is 6.91. The number of nitrogens with zero attached hydrogens (tertiary/aromatic N) is 4. The molecule has 2 aromatic heterocycles. The number of benzene rings is 1. The molecule has 2 N–H and O–H groups in total. The van der Waals surface area contributed by atoms with Gasteiger partial charge in [0.1, 0.15) is 11.9 Å². The van der Waals surface area contributed by atoms with Crippen LogP contribution in [-0.2, 0) is 16.1 Å². The Hall–Kier alpha value is -4.05. The zero-order chi connectivity index (χ0) is 26.8. The summed E-state index contributed by atoms with van der Waals surface area (Å²) in [7, 11) is 3.67. The Kier molecular flexibility index (Phi) is 7.24. The van der Waals surface area contributed by atoms with E-state index in [-0.39, 0.29) is 37.1 Å². The van der Waals surface area contributed by atoms with Crippen molar-refractivity contribution in [3.05, 3.63) is 59.4 Å². The first-order valence-corrected chi connectivity index (χ1v) is 12.9. The summed E-state index contributed by atoms with van der Waals surface area (Å²) in [6, 6.07) is 8.67. The van der Waals surface area contributed by atoms with Crippen molar-refractivity contribution in [1.29, 1.82) is 0 Å². The molecule has 4 heterocycles. The molecule has 0 aliphatic carbocycles. The van der Waals surface area contributed by atoms with Gasteiger partial charge in [0.2, 0.25) is 5.91 Å². The Balaban J connectivity index is 1.27. The van der Waals surface area contributed by atoms with Gasteiger partial charge >= 0.3 is 0 Å². The third-order valence-corrected chi connectivity index (χ3v) is 7.60. The van der Waals surface area contributed by atoms with Gasteiger partial charge in [-0.05, 0) is 75.3 Å². The largest absolute Gasteiger partial charge is 0.359 e. The van der Waals surface area contributed by atoms with E-state index in [0.29, 0.717) is 29.1 Å². The van der Waals surface area contributed by atoms with Crippen molar-refractivity contribution >= 4 is 40.7 Å². The maximum atomic E-state index is 13.0. The van der Waals surface area contributed by atoms with Gasteiger partial charge in [-0.2, -0.15) is 0 Å².